The lowest BCUT2D eigenvalue weighted by Gasteiger charge is -2.38. The van der Waals surface area contributed by atoms with E-state index in [0.717, 1.165) is 111 Å². The second-order valence-corrected chi connectivity index (χ2v) is 20.3. The highest BCUT2D eigenvalue weighted by atomic mass is 127. The van der Waals surface area contributed by atoms with Crippen molar-refractivity contribution >= 4 is 28.4 Å². The minimum atomic E-state index is -4.09. The van der Waals surface area contributed by atoms with Crippen LogP contribution in [0.3, 0.4) is 0 Å². The van der Waals surface area contributed by atoms with Gasteiger partial charge >= 0.3 is 6.18 Å². The number of carbonyl (C=O) groups excluding carboxylic acids is 1. The summed E-state index contributed by atoms with van der Waals surface area (Å²) in [7, 11) is 0. The van der Waals surface area contributed by atoms with Gasteiger partial charge in [-0.25, -0.2) is 0 Å². The Kier molecular flexibility index (Phi) is 16.3. The Balaban J connectivity index is 1.23. The van der Waals surface area contributed by atoms with Gasteiger partial charge in [-0.2, -0.15) is 13.2 Å². The quantitative estimate of drug-likeness (QED) is 0.0575. The van der Waals surface area contributed by atoms with Gasteiger partial charge in [0, 0.05) is 16.8 Å². The molecule has 0 aliphatic heterocycles. The fourth-order valence-electron chi connectivity index (χ4n) is 10.5. The Hall–Kier alpha value is -0.370. The summed E-state index contributed by atoms with van der Waals surface area (Å²) in [6.45, 7) is 13.0. The largest absolute Gasteiger partial charge is 0.393 e. The number of aliphatic hydroxyl groups is 1. The van der Waals surface area contributed by atoms with E-state index in [1.54, 1.807) is 0 Å². The number of carbonyl (C=O) groups is 1. The topological polar surface area (TPSA) is 37.3 Å². The van der Waals surface area contributed by atoms with Crippen LogP contribution in [0.25, 0.3) is 0 Å². The molecule has 0 aromatic rings. The van der Waals surface area contributed by atoms with Crippen molar-refractivity contribution < 1.29 is 23.1 Å². The molecule has 0 spiro atoms. The second kappa shape index (κ2) is 19.3. The van der Waals surface area contributed by atoms with E-state index >= 15 is 0 Å². The molecule has 3 saturated carbocycles. The number of allylic oxidation sites excluding steroid dienone is 3. The highest BCUT2D eigenvalue weighted by Gasteiger charge is 2.50. The molecule has 0 heterocycles. The first-order valence-electron chi connectivity index (χ1n) is 20.9. The summed E-state index contributed by atoms with van der Waals surface area (Å²) in [6, 6.07) is 0. The van der Waals surface area contributed by atoms with Crippen LogP contribution in [0, 0.1) is 46.3 Å². The van der Waals surface area contributed by atoms with Crippen molar-refractivity contribution in [2.75, 3.05) is 0 Å². The van der Waals surface area contributed by atoms with Crippen LogP contribution in [-0.2, 0) is 4.79 Å². The molecule has 4 rings (SSSR count). The van der Waals surface area contributed by atoms with Crippen molar-refractivity contribution in [3.05, 3.63) is 23.8 Å². The van der Waals surface area contributed by atoms with Gasteiger partial charge in [0.25, 0.3) is 0 Å². The lowest BCUT2D eigenvalue weighted by molar-refractivity contribution is -0.134. The molecule has 2 nitrogen and oxygen atoms in total. The molecule has 3 unspecified atom stereocenters. The number of halogens is 4. The summed E-state index contributed by atoms with van der Waals surface area (Å²) in [5.74, 6) is 3.25. The van der Waals surface area contributed by atoms with E-state index in [-0.39, 0.29) is 23.7 Å². The monoisotopic (exact) mass is 816 g/mol. The zero-order chi connectivity index (χ0) is 36.5. The van der Waals surface area contributed by atoms with Gasteiger partial charge in [0.2, 0.25) is 0 Å². The van der Waals surface area contributed by atoms with Crippen LogP contribution < -0.4 is 0 Å². The number of aliphatic hydroxyl groups excluding tert-OH is 1. The molecule has 0 aromatic carbocycles. The van der Waals surface area contributed by atoms with Crippen molar-refractivity contribution in [1.82, 2.24) is 0 Å². The predicted molar refractivity (Wildman–Crippen MR) is 211 cm³/mol. The second-order valence-electron chi connectivity index (χ2n) is 18.5. The molecule has 0 saturated heterocycles. The Morgan fingerprint density at radius 1 is 0.940 bits per heavy atom. The normalized spacial score (nSPS) is 29.4. The fourth-order valence-corrected chi connectivity index (χ4v) is 11.2. The van der Waals surface area contributed by atoms with Crippen molar-refractivity contribution in [2.45, 2.75) is 198 Å². The summed E-state index contributed by atoms with van der Waals surface area (Å²) < 4.78 is 40.6. The average Bonchev–Trinajstić information content (AvgIpc) is 3.85. The smallest absolute Gasteiger partial charge is 0.389 e. The van der Waals surface area contributed by atoms with E-state index in [1.165, 1.54) is 44.9 Å². The van der Waals surface area contributed by atoms with Gasteiger partial charge in [-0.15, -0.1) is 0 Å². The lowest BCUT2D eigenvalue weighted by Crippen LogP contribution is -2.29. The third-order valence-electron chi connectivity index (χ3n) is 13.8. The number of rotatable bonds is 20. The maximum Gasteiger partial charge on any atom is 0.389 e. The first kappa shape index (κ1) is 42.4. The van der Waals surface area contributed by atoms with Crippen molar-refractivity contribution in [1.29, 1.82) is 0 Å². The van der Waals surface area contributed by atoms with E-state index in [2.05, 4.69) is 62.9 Å². The minimum Gasteiger partial charge on any atom is -0.393 e. The molecule has 3 fully saturated rings. The highest BCUT2D eigenvalue weighted by molar-refractivity contribution is 14.1. The molecule has 6 heteroatoms. The van der Waals surface area contributed by atoms with Crippen LogP contribution >= 0.6 is 22.6 Å². The summed E-state index contributed by atoms with van der Waals surface area (Å²) in [4.78, 5) is 13.0. The first-order valence-corrected chi connectivity index (χ1v) is 22.2. The molecule has 50 heavy (non-hydrogen) atoms. The van der Waals surface area contributed by atoms with E-state index in [9.17, 15) is 23.1 Å². The van der Waals surface area contributed by atoms with Crippen LogP contribution in [0.15, 0.2) is 23.8 Å². The molecule has 288 valence electrons. The van der Waals surface area contributed by atoms with Crippen LogP contribution in [0.1, 0.15) is 182 Å². The Morgan fingerprint density at radius 2 is 1.58 bits per heavy atom. The predicted octanol–water partition coefficient (Wildman–Crippen LogP) is 13.9. The third-order valence-corrected chi connectivity index (χ3v) is 15.1. The van der Waals surface area contributed by atoms with Gasteiger partial charge in [-0.3, -0.25) is 4.79 Å². The molecule has 4 aliphatic rings. The molecule has 0 aromatic heterocycles. The van der Waals surface area contributed by atoms with E-state index in [1.807, 2.05) is 0 Å². The Labute approximate surface area is 318 Å². The summed E-state index contributed by atoms with van der Waals surface area (Å²) >= 11 is 2.62. The maximum absolute atomic E-state index is 13.3. The molecule has 4 aliphatic carbocycles. The lowest BCUT2D eigenvalue weighted by atomic mass is 9.68. The molecule has 3 atom stereocenters. The average molecular weight is 817 g/mol. The van der Waals surface area contributed by atoms with Crippen LogP contribution in [0.4, 0.5) is 13.2 Å². The van der Waals surface area contributed by atoms with Crippen molar-refractivity contribution in [3.63, 3.8) is 0 Å². The van der Waals surface area contributed by atoms with Crippen LogP contribution in [0.2, 0.25) is 0 Å². The molecule has 0 bridgehead atoms. The zero-order valence-corrected chi connectivity index (χ0v) is 34.4. The first-order chi connectivity index (χ1) is 23.6. The number of hydrogen-bond donors (Lipinski definition) is 1. The molecule has 0 radical (unpaired) electrons. The van der Waals surface area contributed by atoms with Crippen molar-refractivity contribution in [2.24, 2.45) is 46.3 Å². The number of ketones is 1. The van der Waals surface area contributed by atoms with E-state index in [0.29, 0.717) is 41.4 Å². The Bertz CT molecular complexity index is 1090. The van der Waals surface area contributed by atoms with Crippen molar-refractivity contribution in [3.8, 4) is 0 Å². The molecule has 1 N–H and O–H groups in total. The van der Waals surface area contributed by atoms with Crippen LogP contribution in [0.5, 0.6) is 0 Å². The molecular weight excluding hydrogens is 744 g/mol. The van der Waals surface area contributed by atoms with E-state index < -0.39 is 12.6 Å². The van der Waals surface area contributed by atoms with Gasteiger partial charge in [0.1, 0.15) is 0 Å². The minimum absolute atomic E-state index is 0.000924. The molecule has 0 amide bonds. The third kappa shape index (κ3) is 13.5. The number of alkyl halides is 4. The van der Waals surface area contributed by atoms with Gasteiger partial charge in [-0.05, 0) is 167 Å². The van der Waals surface area contributed by atoms with Gasteiger partial charge in [-0.1, -0.05) is 94.2 Å². The SMILES string of the molecule is C=C(C(=O)CCC(C)(C)CCC(O)C1CCC(CC2C=C(CCC(F)(F)F)CC(CC3([C@H]4CC[C@@H](I)CC4)CC3)C2)CC1)C(CCC)CCC. The zero-order valence-electron chi connectivity index (χ0n) is 32.2. The fraction of sp³-hybridized carbons (Fsp3) is 0.886. The highest BCUT2D eigenvalue weighted by Crippen LogP contribution is 2.61. The van der Waals surface area contributed by atoms with Gasteiger partial charge in [0.05, 0.1) is 6.10 Å². The van der Waals surface area contributed by atoms with Gasteiger partial charge < -0.3 is 5.11 Å². The van der Waals surface area contributed by atoms with Crippen LogP contribution in [-0.4, -0.2) is 27.1 Å². The number of Topliss-reactive ketones (excluding diaryl/α,β-unsaturated/α-hetero) is 1. The Morgan fingerprint density at radius 3 is 2.16 bits per heavy atom. The molecular formula is C44H72F3IO2. The maximum atomic E-state index is 13.3. The number of hydrogen-bond acceptors (Lipinski definition) is 2. The summed E-state index contributed by atoms with van der Waals surface area (Å²) in [6.07, 6.45) is 21.4. The van der Waals surface area contributed by atoms with Gasteiger partial charge in [0.15, 0.2) is 5.78 Å². The standard InChI is InChI=1S/C44H72F3IO2/c1-6-8-36(9-7-2)31(3)40(49)19-21-42(4,5)22-20-41(50)37-12-10-32(11-13-37)26-34-27-33(18-23-44(45,46)47)28-35(29-34)30-43(24-25-43)38-14-16-39(48)17-15-38/h27,32,34-39,41,50H,3,6-26,28-30H2,1-2,4-5H3/t32?,34?,35?,37?,38-,39+,41?. The van der Waals surface area contributed by atoms with E-state index in [4.69, 9.17) is 0 Å². The summed E-state index contributed by atoms with van der Waals surface area (Å²) in [5.41, 5.74) is 2.38. The summed E-state index contributed by atoms with van der Waals surface area (Å²) in [5, 5.41) is 11.2.